The predicted molar refractivity (Wildman–Crippen MR) is 146 cm³/mol. The monoisotopic (exact) mass is 521 g/mol. The summed E-state index contributed by atoms with van der Waals surface area (Å²) in [6.07, 6.45) is 2.48. The van der Waals surface area contributed by atoms with Gasteiger partial charge in [-0.3, -0.25) is 0 Å². The first kappa shape index (κ1) is 27.2. The Labute approximate surface area is 222 Å². The van der Waals surface area contributed by atoms with E-state index in [1.54, 1.807) is 31.4 Å². The van der Waals surface area contributed by atoms with Crippen LogP contribution in [0.3, 0.4) is 0 Å². The molecule has 1 atom stereocenters. The Balaban J connectivity index is 1.28. The molecule has 196 valence electrons. The van der Waals surface area contributed by atoms with E-state index in [1.165, 1.54) is 16.7 Å². The van der Waals surface area contributed by atoms with E-state index in [1.807, 2.05) is 18.2 Å². The van der Waals surface area contributed by atoms with Crippen LogP contribution >= 0.6 is 0 Å². The molecule has 0 aliphatic carbocycles. The maximum Gasteiger partial charge on any atom is 0.360 e. The van der Waals surface area contributed by atoms with Crippen molar-refractivity contribution in [3.63, 3.8) is 0 Å². The first-order chi connectivity index (χ1) is 18.0. The van der Waals surface area contributed by atoms with Crippen LogP contribution in [0.15, 0.2) is 83.8 Å². The summed E-state index contributed by atoms with van der Waals surface area (Å²) >= 11 is -1.65. The number of carboxylic acid groups (broad SMARTS) is 1. The van der Waals surface area contributed by atoms with Gasteiger partial charge in [0, 0.05) is 50.8 Å². The summed E-state index contributed by atoms with van der Waals surface area (Å²) in [5.74, 6) is -0.300. The quantitative estimate of drug-likeness (QED) is 0.266. The smallest absolute Gasteiger partial charge is 0.360 e. The Morgan fingerprint density at radius 2 is 1.68 bits per heavy atom. The average molecular weight is 522 g/mol. The van der Waals surface area contributed by atoms with Gasteiger partial charge in [0.25, 0.3) is 0 Å². The standard InChI is InChI=1S/C30H35NO5S/c1-35-22-20-31-18-16-30(17-19-31,29(32)33)37(34)28-14-12-27(13-15-28)36-21-6-8-24-7-5-11-26(23-24)25-9-3-2-4-10-25/h2-5,7,9-15,23H,6,8,16-22H2,1H3,(H,32,33). The zero-order valence-electron chi connectivity index (χ0n) is 21.3. The molecule has 3 aromatic rings. The van der Waals surface area contributed by atoms with E-state index >= 15 is 0 Å². The fourth-order valence-electron chi connectivity index (χ4n) is 4.73. The molecular weight excluding hydrogens is 486 g/mol. The number of ether oxygens (including phenoxy) is 2. The van der Waals surface area contributed by atoms with Crippen molar-refractivity contribution in [3.05, 3.63) is 84.4 Å². The molecule has 1 aliphatic heterocycles. The number of rotatable bonds is 12. The van der Waals surface area contributed by atoms with Crippen LogP contribution < -0.4 is 4.74 Å². The van der Waals surface area contributed by atoms with Gasteiger partial charge >= 0.3 is 5.97 Å². The molecule has 1 aliphatic rings. The molecule has 0 saturated carbocycles. The number of piperidine rings is 1. The summed E-state index contributed by atoms with van der Waals surface area (Å²) in [6.45, 7) is 3.11. The van der Waals surface area contributed by atoms with Crippen molar-refractivity contribution in [3.8, 4) is 16.9 Å². The number of aliphatic carboxylic acids is 1. The molecule has 1 fully saturated rings. The normalized spacial score (nSPS) is 16.3. The number of aryl methyl sites for hydroxylation is 1. The van der Waals surface area contributed by atoms with Crippen LogP contribution in [0.2, 0.25) is 0 Å². The molecule has 1 heterocycles. The number of hydrogen-bond acceptors (Lipinski definition) is 5. The van der Waals surface area contributed by atoms with Crippen molar-refractivity contribution in [2.24, 2.45) is 0 Å². The molecule has 1 N–H and O–H groups in total. The van der Waals surface area contributed by atoms with Crippen molar-refractivity contribution >= 4 is 17.1 Å². The molecule has 6 nitrogen and oxygen atoms in total. The van der Waals surface area contributed by atoms with Gasteiger partial charge in [0.2, 0.25) is 4.75 Å². The lowest BCUT2D eigenvalue weighted by Gasteiger charge is -2.38. The maximum absolute atomic E-state index is 13.4. The highest BCUT2D eigenvalue weighted by Crippen LogP contribution is 2.36. The zero-order chi connectivity index (χ0) is 26.1. The van der Waals surface area contributed by atoms with Crippen molar-refractivity contribution in [2.75, 3.05) is 40.0 Å². The third-order valence-electron chi connectivity index (χ3n) is 6.97. The third-order valence-corrected chi connectivity index (χ3v) is 8.96. The highest BCUT2D eigenvalue weighted by Gasteiger charge is 2.52. The predicted octanol–water partition coefficient (Wildman–Crippen LogP) is 5.04. The number of carboxylic acids is 1. The SMILES string of the molecule is COCCN1CCC(C(=O)O)([S+]([O-])c2ccc(OCCCc3cccc(-c4ccccc4)c3)cc2)CC1. The molecule has 1 saturated heterocycles. The number of hydrogen-bond donors (Lipinski definition) is 1. The number of methoxy groups -OCH3 is 1. The molecule has 0 radical (unpaired) electrons. The van der Waals surface area contributed by atoms with Crippen molar-refractivity contribution in [1.82, 2.24) is 4.90 Å². The van der Waals surface area contributed by atoms with Gasteiger partial charge in [-0.15, -0.1) is 0 Å². The van der Waals surface area contributed by atoms with Crippen LogP contribution in [-0.4, -0.2) is 65.2 Å². The summed E-state index contributed by atoms with van der Waals surface area (Å²) in [5, 5.41) is 10.00. The highest BCUT2D eigenvalue weighted by atomic mass is 32.2. The number of benzene rings is 3. The second-order valence-corrected chi connectivity index (χ2v) is 11.2. The van der Waals surface area contributed by atoms with Gasteiger partial charge in [-0.25, -0.2) is 4.79 Å². The minimum atomic E-state index is -1.65. The molecule has 4 rings (SSSR count). The summed E-state index contributed by atoms with van der Waals surface area (Å²) in [6, 6.07) is 25.9. The zero-order valence-corrected chi connectivity index (χ0v) is 22.1. The maximum atomic E-state index is 13.4. The number of carbonyl (C=O) groups is 1. The van der Waals surface area contributed by atoms with E-state index in [0.717, 1.165) is 19.4 Å². The molecule has 7 heteroatoms. The Kier molecular flexibility index (Phi) is 9.63. The van der Waals surface area contributed by atoms with E-state index < -0.39 is 21.9 Å². The summed E-state index contributed by atoms with van der Waals surface area (Å²) in [5.41, 5.74) is 3.68. The molecule has 0 bridgehead atoms. The molecule has 37 heavy (non-hydrogen) atoms. The minimum Gasteiger partial charge on any atom is -0.611 e. The Morgan fingerprint density at radius 3 is 2.35 bits per heavy atom. The average Bonchev–Trinajstić information content (AvgIpc) is 2.95. The second-order valence-electron chi connectivity index (χ2n) is 9.39. The van der Waals surface area contributed by atoms with Crippen molar-refractivity contribution < 1.29 is 23.9 Å². The summed E-state index contributed by atoms with van der Waals surface area (Å²) in [4.78, 5) is 14.9. The molecule has 0 aromatic heterocycles. The Bertz CT molecular complexity index is 1130. The molecule has 0 amide bonds. The topological polar surface area (TPSA) is 82.1 Å². The van der Waals surface area contributed by atoms with Crippen LogP contribution in [-0.2, 0) is 27.1 Å². The van der Waals surface area contributed by atoms with Crippen LogP contribution in [0.5, 0.6) is 5.75 Å². The van der Waals surface area contributed by atoms with Crippen LogP contribution in [0.4, 0.5) is 0 Å². The highest BCUT2D eigenvalue weighted by molar-refractivity contribution is 7.93. The van der Waals surface area contributed by atoms with Gasteiger partial charge in [-0.05, 0) is 53.8 Å². The van der Waals surface area contributed by atoms with E-state index in [9.17, 15) is 14.5 Å². The lowest BCUT2D eigenvalue weighted by Crippen LogP contribution is -2.54. The van der Waals surface area contributed by atoms with E-state index in [-0.39, 0.29) is 0 Å². The van der Waals surface area contributed by atoms with Gasteiger partial charge in [-0.1, -0.05) is 54.6 Å². The number of nitrogens with zero attached hydrogens (tertiary/aromatic N) is 1. The van der Waals surface area contributed by atoms with Gasteiger partial charge in [-0.2, -0.15) is 0 Å². The van der Waals surface area contributed by atoms with Gasteiger partial charge in [0.1, 0.15) is 5.75 Å². The van der Waals surface area contributed by atoms with Crippen LogP contribution in [0, 0.1) is 0 Å². The summed E-state index contributed by atoms with van der Waals surface area (Å²) < 4.78 is 23.2. The molecule has 0 spiro atoms. The van der Waals surface area contributed by atoms with E-state index in [4.69, 9.17) is 9.47 Å². The van der Waals surface area contributed by atoms with Gasteiger partial charge in [0.05, 0.1) is 13.2 Å². The molecular formula is C30H35NO5S. The van der Waals surface area contributed by atoms with Gasteiger partial charge < -0.3 is 24.0 Å². The first-order valence-corrected chi connectivity index (χ1v) is 13.9. The lowest BCUT2D eigenvalue weighted by molar-refractivity contribution is -0.141. The first-order valence-electron chi connectivity index (χ1n) is 12.8. The second kappa shape index (κ2) is 13.1. The third kappa shape index (κ3) is 6.93. The lowest BCUT2D eigenvalue weighted by atomic mass is 9.96. The van der Waals surface area contributed by atoms with E-state index in [2.05, 4.69) is 41.3 Å². The fraction of sp³-hybridized carbons (Fsp3) is 0.367. The fourth-order valence-corrected chi connectivity index (χ4v) is 6.27. The van der Waals surface area contributed by atoms with Gasteiger partial charge in [0.15, 0.2) is 4.90 Å². The van der Waals surface area contributed by atoms with Crippen molar-refractivity contribution in [1.29, 1.82) is 0 Å². The Hall–Kier alpha value is -2.84. The van der Waals surface area contributed by atoms with Crippen molar-refractivity contribution in [2.45, 2.75) is 35.3 Å². The number of likely N-dealkylation sites (tertiary alicyclic amines) is 1. The summed E-state index contributed by atoms with van der Waals surface area (Å²) in [7, 11) is 1.65. The van der Waals surface area contributed by atoms with E-state index in [0.29, 0.717) is 49.8 Å². The van der Waals surface area contributed by atoms with Crippen LogP contribution in [0.25, 0.3) is 11.1 Å². The van der Waals surface area contributed by atoms with Crippen LogP contribution in [0.1, 0.15) is 24.8 Å². The minimum absolute atomic E-state index is 0.350. The Morgan fingerprint density at radius 1 is 0.973 bits per heavy atom. The molecule has 3 aromatic carbocycles. The largest absolute Gasteiger partial charge is 0.611 e. The molecule has 1 unspecified atom stereocenters.